The predicted octanol–water partition coefficient (Wildman–Crippen LogP) is 3.10. The zero-order chi connectivity index (χ0) is 17.6. The molecular weight excluding hydrogens is 316 g/mol. The van der Waals surface area contributed by atoms with Crippen molar-refractivity contribution >= 4 is 22.9 Å². The number of aromatic hydroxyl groups is 2. The van der Waals surface area contributed by atoms with Crippen molar-refractivity contribution < 1.29 is 15.0 Å². The van der Waals surface area contributed by atoms with Crippen molar-refractivity contribution in [3.63, 3.8) is 0 Å². The number of aliphatic imine (C=N–C) groups is 1. The van der Waals surface area contributed by atoms with Gasteiger partial charge in [0, 0.05) is 18.3 Å². The van der Waals surface area contributed by atoms with Crippen LogP contribution in [0.4, 0.5) is 0 Å². The lowest BCUT2D eigenvalue weighted by Gasteiger charge is -2.05. The highest BCUT2D eigenvalue weighted by atomic mass is 16.3. The topological polar surface area (TPSA) is 81.9 Å². The maximum atomic E-state index is 11.9. The second-order valence-corrected chi connectivity index (χ2v) is 5.57. The number of nitrogens with zero attached hydrogens (tertiary/aromatic N) is 1. The van der Waals surface area contributed by atoms with E-state index in [1.807, 2.05) is 30.3 Å². The van der Waals surface area contributed by atoms with Crippen LogP contribution in [0.25, 0.3) is 10.8 Å². The number of hydrogen-bond donors (Lipinski definition) is 3. The largest absolute Gasteiger partial charge is 0.507 e. The molecule has 0 aliphatic rings. The highest BCUT2D eigenvalue weighted by Gasteiger charge is 2.08. The molecule has 0 aliphatic carbocycles. The van der Waals surface area contributed by atoms with Gasteiger partial charge in [0.05, 0.1) is 12.1 Å². The minimum absolute atomic E-state index is 0.0513. The van der Waals surface area contributed by atoms with Crippen LogP contribution in [-0.4, -0.2) is 35.4 Å². The minimum Gasteiger partial charge on any atom is -0.507 e. The molecule has 3 N–H and O–H groups in total. The summed E-state index contributed by atoms with van der Waals surface area (Å²) >= 11 is 0. The van der Waals surface area contributed by atoms with E-state index in [1.165, 1.54) is 6.07 Å². The van der Waals surface area contributed by atoms with Crippen LogP contribution in [0.15, 0.2) is 65.7 Å². The Morgan fingerprint density at radius 2 is 1.64 bits per heavy atom. The summed E-state index contributed by atoms with van der Waals surface area (Å²) in [5, 5.41) is 24.4. The van der Waals surface area contributed by atoms with Crippen LogP contribution in [-0.2, 0) is 0 Å². The van der Waals surface area contributed by atoms with Gasteiger partial charge in [0.1, 0.15) is 11.5 Å². The van der Waals surface area contributed by atoms with E-state index in [-0.39, 0.29) is 23.0 Å². The first-order valence-electron chi connectivity index (χ1n) is 7.93. The summed E-state index contributed by atoms with van der Waals surface area (Å²) < 4.78 is 0. The third-order valence-electron chi connectivity index (χ3n) is 3.80. The average Bonchev–Trinajstić information content (AvgIpc) is 2.62. The summed E-state index contributed by atoms with van der Waals surface area (Å²) in [4.78, 5) is 16.2. The van der Waals surface area contributed by atoms with Crippen LogP contribution in [0, 0.1) is 0 Å². The van der Waals surface area contributed by atoms with Crippen LogP contribution in [0.5, 0.6) is 11.5 Å². The smallest absolute Gasteiger partial charge is 0.255 e. The molecule has 0 radical (unpaired) electrons. The normalized spacial score (nSPS) is 11.0. The molecular formula is C20H18N2O3. The van der Waals surface area contributed by atoms with Gasteiger partial charge in [-0.2, -0.15) is 0 Å². The van der Waals surface area contributed by atoms with Crippen LogP contribution >= 0.6 is 0 Å². The van der Waals surface area contributed by atoms with Crippen molar-refractivity contribution in [3.05, 3.63) is 71.8 Å². The molecule has 126 valence electrons. The van der Waals surface area contributed by atoms with E-state index in [9.17, 15) is 15.0 Å². The Morgan fingerprint density at radius 3 is 2.40 bits per heavy atom. The standard InChI is InChI=1S/C20H18N2O3/c23-18-8-4-3-7-17(18)20(25)22-10-9-21-13-16-11-14-5-1-2-6-15(14)12-19(16)24/h1-8,11-13,23-24H,9-10H2,(H,22,25). The first kappa shape index (κ1) is 16.5. The van der Waals surface area contributed by atoms with E-state index in [0.717, 1.165) is 10.8 Å². The Balaban J connectivity index is 1.58. The number of carbonyl (C=O) groups excluding carboxylic acids is 1. The first-order chi connectivity index (χ1) is 12.1. The number of rotatable bonds is 5. The van der Waals surface area contributed by atoms with Gasteiger partial charge in [-0.25, -0.2) is 0 Å². The fourth-order valence-corrected chi connectivity index (χ4v) is 2.51. The zero-order valence-electron chi connectivity index (χ0n) is 13.5. The van der Waals surface area contributed by atoms with E-state index >= 15 is 0 Å². The van der Waals surface area contributed by atoms with Crippen LogP contribution in [0.2, 0.25) is 0 Å². The molecule has 5 nitrogen and oxygen atoms in total. The fraction of sp³-hybridized carbons (Fsp3) is 0.100. The molecule has 3 aromatic rings. The molecule has 25 heavy (non-hydrogen) atoms. The van der Waals surface area contributed by atoms with Crippen molar-refractivity contribution in [1.82, 2.24) is 5.32 Å². The monoisotopic (exact) mass is 334 g/mol. The fourth-order valence-electron chi connectivity index (χ4n) is 2.51. The van der Waals surface area contributed by atoms with E-state index < -0.39 is 0 Å². The maximum absolute atomic E-state index is 11.9. The molecule has 0 atom stereocenters. The number of carbonyl (C=O) groups is 1. The van der Waals surface area contributed by atoms with Gasteiger partial charge in [-0.15, -0.1) is 0 Å². The highest BCUT2D eigenvalue weighted by Crippen LogP contribution is 2.23. The van der Waals surface area contributed by atoms with E-state index in [0.29, 0.717) is 18.7 Å². The van der Waals surface area contributed by atoms with Crippen LogP contribution in [0.1, 0.15) is 15.9 Å². The third kappa shape index (κ3) is 3.95. The number of fused-ring (bicyclic) bond motifs is 1. The van der Waals surface area contributed by atoms with Crippen molar-refractivity contribution in [2.45, 2.75) is 0 Å². The summed E-state index contributed by atoms with van der Waals surface area (Å²) in [5.74, 6) is -0.230. The zero-order valence-corrected chi connectivity index (χ0v) is 13.5. The number of nitrogens with one attached hydrogen (secondary N) is 1. The molecule has 0 unspecified atom stereocenters. The molecule has 5 heteroatoms. The molecule has 1 amide bonds. The molecule has 0 bridgehead atoms. The van der Waals surface area contributed by atoms with Gasteiger partial charge >= 0.3 is 0 Å². The van der Waals surface area contributed by atoms with Crippen molar-refractivity contribution in [3.8, 4) is 11.5 Å². The Labute approximate surface area is 145 Å². The lowest BCUT2D eigenvalue weighted by molar-refractivity contribution is 0.0952. The molecule has 0 heterocycles. The molecule has 0 fully saturated rings. The summed E-state index contributed by atoms with van der Waals surface area (Å²) in [6, 6.07) is 17.7. The van der Waals surface area contributed by atoms with Gasteiger partial charge in [-0.3, -0.25) is 9.79 Å². The van der Waals surface area contributed by atoms with Crippen LogP contribution < -0.4 is 5.32 Å². The summed E-state index contributed by atoms with van der Waals surface area (Å²) in [5.41, 5.74) is 0.865. The Hall–Kier alpha value is -3.34. The number of benzene rings is 3. The van der Waals surface area contributed by atoms with Crippen molar-refractivity contribution in [2.24, 2.45) is 4.99 Å². The first-order valence-corrected chi connectivity index (χ1v) is 7.93. The average molecular weight is 334 g/mol. The number of para-hydroxylation sites is 1. The number of phenolic OH excluding ortho intramolecular Hbond substituents is 2. The predicted molar refractivity (Wildman–Crippen MR) is 98.5 cm³/mol. The molecule has 0 saturated heterocycles. The minimum atomic E-state index is -0.346. The van der Waals surface area contributed by atoms with Gasteiger partial charge in [-0.1, -0.05) is 36.4 Å². The number of amides is 1. The van der Waals surface area contributed by atoms with Gasteiger partial charge in [0.25, 0.3) is 5.91 Å². The van der Waals surface area contributed by atoms with E-state index in [4.69, 9.17) is 0 Å². The SMILES string of the molecule is O=C(NCCN=Cc1cc2ccccc2cc1O)c1ccccc1O. The van der Waals surface area contributed by atoms with Gasteiger partial charge in [0.15, 0.2) is 0 Å². The summed E-state index contributed by atoms with van der Waals surface area (Å²) in [6.45, 7) is 0.698. The third-order valence-corrected chi connectivity index (χ3v) is 3.80. The Kier molecular flexibility index (Phi) is 4.95. The summed E-state index contributed by atoms with van der Waals surface area (Å²) in [7, 11) is 0. The van der Waals surface area contributed by atoms with Gasteiger partial charge in [0.2, 0.25) is 0 Å². The number of phenols is 2. The Morgan fingerprint density at radius 1 is 0.960 bits per heavy atom. The second-order valence-electron chi connectivity index (χ2n) is 5.57. The maximum Gasteiger partial charge on any atom is 0.255 e. The van der Waals surface area contributed by atoms with E-state index in [1.54, 1.807) is 30.5 Å². The molecule has 3 aromatic carbocycles. The summed E-state index contributed by atoms with van der Waals surface area (Å²) in [6.07, 6.45) is 1.59. The van der Waals surface area contributed by atoms with Crippen molar-refractivity contribution in [2.75, 3.05) is 13.1 Å². The second kappa shape index (κ2) is 7.49. The van der Waals surface area contributed by atoms with Gasteiger partial charge in [-0.05, 0) is 35.0 Å². The lowest BCUT2D eigenvalue weighted by Crippen LogP contribution is -2.26. The molecule has 0 saturated carbocycles. The lowest BCUT2D eigenvalue weighted by atomic mass is 10.1. The number of hydrogen-bond acceptors (Lipinski definition) is 4. The van der Waals surface area contributed by atoms with Crippen molar-refractivity contribution in [1.29, 1.82) is 0 Å². The molecule has 0 aromatic heterocycles. The highest BCUT2D eigenvalue weighted by molar-refractivity contribution is 5.96. The Bertz CT molecular complexity index is 935. The van der Waals surface area contributed by atoms with Gasteiger partial charge < -0.3 is 15.5 Å². The molecule has 3 rings (SSSR count). The van der Waals surface area contributed by atoms with Crippen LogP contribution in [0.3, 0.4) is 0 Å². The molecule has 0 spiro atoms. The van der Waals surface area contributed by atoms with E-state index in [2.05, 4.69) is 10.3 Å². The molecule has 0 aliphatic heterocycles. The quantitative estimate of drug-likeness (QED) is 0.495.